The highest BCUT2D eigenvalue weighted by atomic mass is 127. The first-order chi connectivity index (χ1) is 9.40. The molecule has 0 amide bonds. The van der Waals surface area contributed by atoms with Crippen LogP contribution in [0.15, 0.2) is 4.99 Å². The van der Waals surface area contributed by atoms with Crippen molar-refractivity contribution in [2.45, 2.75) is 26.1 Å². The Morgan fingerprint density at radius 2 is 1.90 bits per heavy atom. The summed E-state index contributed by atoms with van der Waals surface area (Å²) in [6, 6.07) is -1.41. The van der Waals surface area contributed by atoms with Crippen LogP contribution in [0, 0.1) is 12.3 Å². The number of guanidine groups is 1. The second-order valence-corrected chi connectivity index (χ2v) is 4.61. The lowest BCUT2D eigenvalue weighted by molar-refractivity contribution is -0.181. The molecule has 1 aliphatic heterocycles. The summed E-state index contributed by atoms with van der Waals surface area (Å²) in [5.41, 5.74) is 0. The molecule has 1 atom stereocenters. The van der Waals surface area contributed by atoms with Crippen molar-refractivity contribution in [1.82, 2.24) is 15.1 Å². The summed E-state index contributed by atoms with van der Waals surface area (Å²) in [4.78, 5) is 7.62. The molecule has 1 heterocycles. The molecule has 1 aliphatic rings. The fourth-order valence-corrected chi connectivity index (χ4v) is 2.07. The van der Waals surface area contributed by atoms with E-state index in [2.05, 4.69) is 16.2 Å². The Morgan fingerprint density at radius 1 is 1.33 bits per heavy atom. The average Bonchev–Trinajstić information content (AvgIpc) is 2.42. The summed E-state index contributed by atoms with van der Waals surface area (Å²) in [5.74, 6) is 3.10. The maximum atomic E-state index is 12.7. The van der Waals surface area contributed by atoms with E-state index in [1.54, 1.807) is 0 Å². The molecule has 8 heteroatoms. The molecule has 0 saturated carbocycles. The second kappa shape index (κ2) is 9.35. The van der Waals surface area contributed by atoms with Gasteiger partial charge in [-0.3, -0.25) is 4.90 Å². The predicted molar refractivity (Wildman–Crippen MR) is 88.9 cm³/mol. The van der Waals surface area contributed by atoms with E-state index >= 15 is 0 Å². The highest BCUT2D eigenvalue weighted by molar-refractivity contribution is 14.0. The van der Waals surface area contributed by atoms with Gasteiger partial charge < -0.3 is 10.2 Å². The van der Waals surface area contributed by atoms with E-state index in [9.17, 15) is 13.2 Å². The van der Waals surface area contributed by atoms with Crippen LogP contribution >= 0.6 is 24.0 Å². The molecular weight excluding hydrogens is 396 g/mol. The van der Waals surface area contributed by atoms with E-state index in [0.29, 0.717) is 38.7 Å². The molecular formula is C13H22F3IN4. The average molecular weight is 418 g/mol. The molecule has 0 aromatic heterocycles. The van der Waals surface area contributed by atoms with Crippen LogP contribution in [0.25, 0.3) is 0 Å². The fraction of sp³-hybridized carbons (Fsp3) is 0.769. The third-order valence-corrected chi connectivity index (χ3v) is 3.29. The van der Waals surface area contributed by atoms with Crippen LogP contribution in [0.4, 0.5) is 13.2 Å². The van der Waals surface area contributed by atoms with Gasteiger partial charge in [-0.15, -0.1) is 30.4 Å². The summed E-state index contributed by atoms with van der Waals surface area (Å²) < 4.78 is 38.0. The van der Waals surface area contributed by atoms with Crippen molar-refractivity contribution in [3.8, 4) is 12.3 Å². The molecule has 0 bridgehead atoms. The summed E-state index contributed by atoms with van der Waals surface area (Å²) in [6.07, 6.45) is 0.999. The lowest BCUT2D eigenvalue weighted by Crippen LogP contribution is -2.56. The van der Waals surface area contributed by atoms with Gasteiger partial charge >= 0.3 is 6.18 Å². The molecule has 0 aromatic rings. The van der Waals surface area contributed by atoms with Crippen molar-refractivity contribution in [2.75, 3.05) is 39.3 Å². The molecule has 1 N–H and O–H groups in total. The van der Waals surface area contributed by atoms with E-state index in [4.69, 9.17) is 6.42 Å². The van der Waals surface area contributed by atoms with Gasteiger partial charge in [0, 0.05) is 32.7 Å². The van der Waals surface area contributed by atoms with Crippen LogP contribution in [-0.4, -0.2) is 67.2 Å². The van der Waals surface area contributed by atoms with Gasteiger partial charge in [0.1, 0.15) is 12.6 Å². The zero-order valence-electron chi connectivity index (χ0n) is 12.3. The van der Waals surface area contributed by atoms with Gasteiger partial charge in [0.2, 0.25) is 0 Å². The van der Waals surface area contributed by atoms with E-state index in [-0.39, 0.29) is 30.5 Å². The van der Waals surface area contributed by atoms with Gasteiger partial charge in [-0.2, -0.15) is 13.2 Å². The smallest absolute Gasteiger partial charge is 0.356 e. The van der Waals surface area contributed by atoms with Crippen LogP contribution in [-0.2, 0) is 0 Å². The number of alkyl halides is 3. The lowest BCUT2D eigenvalue weighted by atomic mass is 10.2. The Hall–Kier alpha value is -0.690. The zero-order chi connectivity index (χ0) is 15.2. The number of aliphatic imine (C=N–C) groups is 1. The normalized spacial score (nSPS) is 18.7. The minimum atomic E-state index is -4.18. The third-order valence-electron chi connectivity index (χ3n) is 3.29. The van der Waals surface area contributed by atoms with Gasteiger partial charge in [0.05, 0.1) is 0 Å². The first-order valence-electron chi connectivity index (χ1n) is 6.67. The molecule has 1 saturated heterocycles. The van der Waals surface area contributed by atoms with Crippen molar-refractivity contribution in [2.24, 2.45) is 4.99 Å². The molecule has 21 heavy (non-hydrogen) atoms. The summed E-state index contributed by atoms with van der Waals surface area (Å²) in [7, 11) is 0. The number of hydrogen-bond donors (Lipinski definition) is 1. The molecule has 4 nitrogen and oxygen atoms in total. The molecule has 1 fully saturated rings. The SMILES string of the molecule is C#CCN=C(NCC)N1CCN(C(C)C(F)(F)F)CC1.I. The first-order valence-corrected chi connectivity index (χ1v) is 6.67. The number of rotatable bonds is 3. The summed E-state index contributed by atoms with van der Waals surface area (Å²) >= 11 is 0. The van der Waals surface area contributed by atoms with Crippen molar-refractivity contribution in [3.05, 3.63) is 0 Å². The second-order valence-electron chi connectivity index (χ2n) is 4.61. The standard InChI is InChI=1S/C13H21F3N4.HI/c1-4-6-18-12(17-5-2)20-9-7-19(8-10-20)11(3)13(14,15)16;/h1,11H,5-10H2,2-3H3,(H,17,18);1H. The zero-order valence-corrected chi connectivity index (χ0v) is 14.6. The number of nitrogens with zero attached hydrogens (tertiary/aromatic N) is 3. The van der Waals surface area contributed by atoms with Crippen LogP contribution in [0.2, 0.25) is 0 Å². The highest BCUT2D eigenvalue weighted by Gasteiger charge is 2.40. The van der Waals surface area contributed by atoms with Crippen molar-refractivity contribution in [1.29, 1.82) is 0 Å². The maximum absolute atomic E-state index is 12.7. The van der Waals surface area contributed by atoms with E-state index in [1.807, 2.05) is 11.8 Å². The number of piperazine rings is 1. The quantitative estimate of drug-likeness (QED) is 0.328. The van der Waals surface area contributed by atoms with Crippen molar-refractivity contribution >= 4 is 29.9 Å². The van der Waals surface area contributed by atoms with Crippen molar-refractivity contribution in [3.63, 3.8) is 0 Å². The van der Waals surface area contributed by atoms with Gasteiger partial charge in [-0.25, -0.2) is 4.99 Å². The van der Waals surface area contributed by atoms with Crippen LogP contribution in [0.5, 0.6) is 0 Å². The minimum absolute atomic E-state index is 0. The monoisotopic (exact) mass is 418 g/mol. The number of halogens is 4. The Bertz CT molecular complexity index is 371. The van der Waals surface area contributed by atoms with Gasteiger partial charge in [-0.05, 0) is 13.8 Å². The van der Waals surface area contributed by atoms with Crippen LogP contribution < -0.4 is 5.32 Å². The third kappa shape index (κ3) is 6.30. The first kappa shape index (κ1) is 20.3. The molecule has 0 radical (unpaired) electrons. The van der Waals surface area contributed by atoms with E-state index < -0.39 is 12.2 Å². The Labute approximate surface area is 141 Å². The Kier molecular flexibility index (Phi) is 9.04. The molecule has 0 spiro atoms. The van der Waals surface area contributed by atoms with Gasteiger partial charge in [0.25, 0.3) is 0 Å². The number of hydrogen-bond acceptors (Lipinski definition) is 2. The number of nitrogens with one attached hydrogen (secondary N) is 1. The van der Waals surface area contributed by atoms with Crippen molar-refractivity contribution < 1.29 is 13.2 Å². The Morgan fingerprint density at radius 3 is 2.33 bits per heavy atom. The summed E-state index contributed by atoms with van der Waals surface area (Å²) in [6.45, 7) is 5.85. The number of terminal acetylenes is 1. The summed E-state index contributed by atoms with van der Waals surface area (Å²) in [5, 5.41) is 3.10. The topological polar surface area (TPSA) is 30.9 Å². The molecule has 1 unspecified atom stereocenters. The fourth-order valence-electron chi connectivity index (χ4n) is 2.07. The molecule has 1 rings (SSSR count). The molecule has 122 valence electrons. The van der Waals surface area contributed by atoms with Gasteiger partial charge in [-0.1, -0.05) is 5.92 Å². The highest BCUT2D eigenvalue weighted by Crippen LogP contribution is 2.25. The van der Waals surface area contributed by atoms with E-state index in [1.165, 1.54) is 11.8 Å². The maximum Gasteiger partial charge on any atom is 0.403 e. The molecule has 0 aliphatic carbocycles. The van der Waals surface area contributed by atoms with E-state index in [0.717, 1.165) is 0 Å². The Balaban J connectivity index is 0.00000400. The van der Waals surface area contributed by atoms with Crippen LogP contribution in [0.1, 0.15) is 13.8 Å². The van der Waals surface area contributed by atoms with Gasteiger partial charge in [0.15, 0.2) is 5.96 Å². The predicted octanol–water partition coefficient (Wildman–Crippen LogP) is 1.77. The molecule has 0 aromatic carbocycles. The minimum Gasteiger partial charge on any atom is -0.356 e. The largest absolute Gasteiger partial charge is 0.403 e. The van der Waals surface area contributed by atoms with Crippen LogP contribution in [0.3, 0.4) is 0 Å². The lowest BCUT2D eigenvalue weighted by Gasteiger charge is -2.39.